The van der Waals surface area contributed by atoms with Crippen molar-refractivity contribution >= 4 is 52.1 Å². The summed E-state index contributed by atoms with van der Waals surface area (Å²) in [5.41, 5.74) is 4.94. The molecule has 2 aromatic heterocycles. The number of anilines is 1. The highest BCUT2D eigenvalue weighted by Crippen LogP contribution is 2.61. The predicted molar refractivity (Wildman–Crippen MR) is 157 cm³/mol. The fourth-order valence-electron chi connectivity index (χ4n) is 4.12. The third-order valence-electron chi connectivity index (χ3n) is 6.46. The number of carbonyl (C=O) groups is 1. The van der Waals surface area contributed by atoms with Crippen LogP contribution in [0.15, 0.2) is 17.8 Å². The summed E-state index contributed by atoms with van der Waals surface area (Å²) in [5, 5.41) is 27.4. The summed E-state index contributed by atoms with van der Waals surface area (Å²) in [5.74, 6) is -0.879. The first-order chi connectivity index (χ1) is 21.7. The Hall–Kier alpha value is -2.46. The van der Waals surface area contributed by atoms with E-state index in [0.717, 1.165) is 17.2 Å². The lowest BCUT2D eigenvalue weighted by molar-refractivity contribution is -0.136. The molecule has 1 amide bonds. The topological polar surface area (TPSA) is 339 Å². The number of nitrogens with zero attached hydrogens (tertiary/aromatic N) is 5. The molecule has 47 heavy (non-hydrogen) atoms. The lowest BCUT2D eigenvalue weighted by Gasteiger charge is -2.30. The number of phosphoric ester groups is 3. The Balaban J connectivity index is 1.63. The Labute approximate surface area is 266 Å². The van der Waals surface area contributed by atoms with Crippen molar-refractivity contribution in [2.24, 2.45) is 10.6 Å². The zero-order valence-corrected chi connectivity index (χ0v) is 28.0. The normalized spacial score (nSPS) is 24.1. The Bertz CT molecular complexity index is 1580. The summed E-state index contributed by atoms with van der Waals surface area (Å²) in [6.07, 6.45) is -6.20. The van der Waals surface area contributed by atoms with E-state index in [1.165, 1.54) is 21.0 Å². The quantitative estimate of drug-likeness (QED) is 0.0566. The number of aliphatic hydroxyl groups excluding tert-OH is 2. The third kappa shape index (κ3) is 10.8. The largest absolute Gasteiger partial charge is 0.481 e. The number of carbonyl (C=O) groups excluding carboxylic acids is 1. The molecule has 6 unspecified atom stereocenters. The molecule has 1 aliphatic rings. The highest BCUT2D eigenvalue weighted by atomic mass is 31.3. The second-order valence-corrected chi connectivity index (χ2v) is 15.0. The number of hydrogen-bond donors (Lipinski definition) is 8. The fourth-order valence-corrected chi connectivity index (χ4v) is 6.95. The van der Waals surface area contributed by atoms with Crippen molar-refractivity contribution in [2.45, 2.75) is 57.8 Å². The molecule has 1 fully saturated rings. The zero-order chi connectivity index (χ0) is 35.4. The van der Waals surface area contributed by atoms with Gasteiger partial charge in [-0.15, -0.1) is 0 Å². The molecule has 7 atom stereocenters. The van der Waals surface area contributed by atoms with Crippen molar-refractivity contribution < 1.29 is 75.7 Å². The number of hydrogen-bond acceptors (Lipinski definition) is 17. The second-order valence-electron chi connectivity index (χ2n) is 10.7. The van der Waals surface area contributed by atoms with E-state index in [1.54, 1.807) is 6.92 Å². The molecule has 26 heteroatoms. The number of ether oxygens (including phenoxy) is 1. The van der Waals surface area contributed by atoms with E-state index in [2.05, 4.69) is 39.1 Å². The second kappa shape index (κ2) is 15.4. The molecule has 0 spiro atoms. The van der Waals surface area contributed by atoms with Gasteiger partial charge in [-0.2, -0.15) is 4.31 Å². The Morgan fingerprint density at radius 2 is 1.83 bits per heavy atom. The smallest absolute Gasteiger partial charge is 0.399 e. The number of rotatable bonds is 17. The standard InChI is InChI=1S/C21H36N7O16P3/c1-11(27-39-4)5-6-23-19(31)16(30)21(2,3)8-41-47(37,38)44-46(35,36)40-7-12-15(43-45(32,33)34)14(29)20(42-12)28-10-26-13-17(22)24-9-25-18(13)28/h9-10,12,14-16,20,29-30H,5-8H2,1-4H3,(H,23,31)(H,35,36)(H,37,38)(H2,22,24,25)(H2,32,33,34)/b27-11+/t12?,14?,15?,16-,20?/m1/s1. The molecular formula is C21H36N7O16P3. The van der Waals surface area contributed by atoms with Crippen LogP contribution in [0, 0.1) is 5.41 Å². The Kier molecular flexibility index (Phi) is 12.8. The zero-order valence-electron chi connectivity index (χ0n) is 25.3. The molecule has 3 rings (SSSR count). The number of aromatic nitrogens is 4. The van der Waals surface area contributed by atoms with Crippen molar-refractivity contribution in [3.8, 4) is 0 Å². The van der Waals surface area contributed by atoms with Crippen molar-refractivity contribution in [1.82, 2.24) is 24.8 Å². The van der Waals surface area contributed by atoms with Crippen LogP contribution in [0.2, 0.25) is 0 Å². The molecular weight excluding hydrogens is 699 g/mol. The van der Waals surface area contributed by atoms with Gasteiger partial charge in [0.05, 0.1) is 25.3 Å². The average Bonchev–Trinajstić information content (AvgIpc) is 3.51. The molecule has 266 valence electrons. The van der Waals surface area contributed by atoms with Gasteiger partial charge in [0.25, 0.3) is 0 Å². The summed E-state index contributed by atoms with van der Waals surface area (Å²) in [4.78, 5) is 67.6. The summed E-state index contributed by atoms with van der Waals surface area (Å²) in [7, 11) is -14.9. The van der Waals surface area contributed by atoms with Crippen molar-refractivity contribution in [3.63, 3.8) is 0 Å². The minimum absolute atomic E-state index is 0.0291. The van der Waals surface area contributed by atoms with Gasteiger partial charge in [-0.1, -0.05) is 19.0 Å². The van der Waals surface area contributed by atoms with E-state index < -0.39 is 78.6 Å². The molecule has 0 aromatic carbocycles. The van der Waals surface area contributed by atoms with Crippen LogP contribution >= 0.6 is 23.5 Å². The van der Waals surface area contributed by atoms with Gasteiger partial charge in [0.15, 0.2) is 17.7 Å². The van der Waals surface area contributed by atoms with Crippen molar-refractivity contribution in [1.29, 1.82) is 0 Å². The van der Waals surface area contributed by atoms with Gasteiger partial charge in [0.1, 0.15) is 43.4 Å². The van der Waals surface area contributed by atoms with Crippen molar-refractivity contribution in [3.05, 3.63) is 12.7 Å². The molecule has 23 nitrogen and oxygen atoms in total. The Morgan fingerprint density at radius 3 is 2.47 bits per heavy atom. The summed E-state index contributed by atoms with van der Waals surface area (Å²) in [6, 6.07) is 0. The number of oxime groups is 1. The van der Waals surface area contributed by atoms with Gasteiger partial charge in [-0.05, 0) is 6.92 Å². The molecule has 9 N–H and O–H groups in total. The van der Waals surface area contributed by atoms with Crippen LogP contribution in [-0.4, -0.2) is 112 Å². The maximum absolute atomic E-state index is 12.6. The first-order valence-corrected chi connectivity index (χ1v) is 17.9. The van der Waals surface area contributed by atoms with E-state index in [1.807, 2.05) is 0 Å². The molecule has 0 saturated carbocycles. The number of nitrogen functional groups attached to an aromatic ring is 1. The van der Waals surface area contributed by atoms with Crippen LogP contribution in [0.4, 0.5) is 5.82 Å². The molecule has 0 radical (unpaired) electrons. The number of imidazole rings is 1. The van der Waals surface area contributed by atoms with E-state index in [0.29, 0.717) is 12.1 Å². The molecule has 1 saturated heterocycles. The molecule has 2 aromatic rings. The first-order valence-electron chi connectivity index (χ1n) is 13.4. The SMILES string of the molecule is CO/N=C(\C)CCNC(=O)[C@@H](O)C(C)(C)COP(=O)(O)OP(=O)(O)OCC1OC(n2cnc3c(N)ncnc32)C(O)C1OP(=O)(O)O. The summed E-state index contributed by atoms with van der Waals surface area (Å²) >= 11 is 0. The monoisotopic (exact) mass is 735 g/mol. The molecule has 3 heterocycles. The van der Waals surface area contributed by atoms with Crippen LogP contribution in [0.1, 0.15) is 33.4 Å². The maximum Gasteiger partial charge on any atom is 0.481 e. The van der Waals surface area contributed by atoms with E-state index in [-0.39, 0.29) is 23.5 Å². The summed E-state index contributed by atoms with van der Waals surface area (Å²) < 4.78 is 61.8. The minimum Gasteiger partial charge on any atom is -0.399 e. The molecule has 0 bridgehead atoms. The number of aliphatic hydroxyl groups is 2. The maximum atomic E-state index is 12.6. The van der Waals surface area contributed by atoms with E-state index >= 15 is 0 Å². The molecule has 0 aliphatic carbocycles. The van der Waals surface area contributed by atoms with Gasteiger partial charge in [-0.3, -0.25) is 22.9 Å². The first kappa shape index (κ1) is 39.0. The van der Waals surface area contributed by atoms with Gasteiger partial charge in [-0.25, -0.2) is 28.6 Å². The van der Waals surface area contributed by atoms with Crippen LogP contribution < -0.4 is 11.1 Å². The van der Waals surface area contributed by atoms with E-state index in [4.69, 9.17) is 19.5 Å². The highest BCUT2D eigenvalue weighted by Gasteiger charge is 2.50. The third-order valence-corrected chi connectivity index (χ3v) is 9.56. The highest BCUT2D eigenvalue weighted by molar-refractivity contribution is 7.61. The van der Waals surface area contributed by atoms with Gasteiger partial charge in [0.2, 0.25) is 5.91 Å². The minimum atomic E-state index is -5.51. The number of nitrogens with two attached hydrogens (primary N) is 1. The van der Waals surface area contributed by atoms with Crippen LogP contribution in [0.3, 0.4) is 0 Å². The van der Waals surface area contributed by atoms with Gasteiger partial charge in [0, 0.05) is 18.4 Å². The molecule has 1 aliphatic heterocycles. The number of amides is 1. The number of phosphoric acid groups is 3. The van der Waals surface area contributed by atoms with Gasteiger partial charge < -0.3 is 50.4 Å². The summed E-state index contributed by atoms with van der Waals surface area (Å²) in [6.45, 7) is 2.42. The number of nitrogens with one attached hydrogen (secondary N) is 1. The van der Waals surface area contributed by atoms with Crippen LogP contribution in [-0.2, 0) is 45.9 Å². The average molecular weight is 735 g/mol. The van der Waals surface area contributed by atoms with Crippen molar-refractivity contribution in [2.75, 3.05) is 32.6 Å². The lowest BCUT2D eigenvalue weighted by Crippen LogP contribution is -2.46. The van der Waals surface area contributed by atoms with Gasteiger partial charge >= 0.3 is 23.5 Å². The lowest BCUT2D eigenvalue weighted by atomic mass is 9.87. The Morgan fingerprint density at radius 1 is 1.17 bits per heavy atom. The van der Waals surface area contributed by atoms with Crippen LogP contribution in [0.25, 0.3) is 11.2 Å². The van der Waals surface area contributed by atoms with E-state index in [9.17, 15) is 48.3 Å². The fraction of sp³-hybridized carbons (Fsp3) is 0.667. The predicted octanol–water partition coefficient (Wildman–Crippen LogP) is -0.689. The van der Waals surface area contributed by atoms with Crippen LogP contribution in [0.5, 0.6) is 0 Å². The number of fused-ring (bicyclic) bond motifs is 1.